The average Bonchev–Trinajstić information content (AvgIpc) is 2.25. The number of carbonyl (C=O) groups excluding carboxylic acids is 2. The zero-order valence-electron chi connectivity index (χ0n) is 9.36. The number of hydrogen-bond acceptors (Lipinski definition) is 3. The van der Waals surface area contributed by atoms with Crippen LogP contribution in [-0.4, -0.2) is 37.1 Å². The van der Waals surface area contributed by atoms with Crippen LogP contribution in [-0.2, 0) is 4.79 Å². The molecule has 0 heterocycles. The second-order valence-electron chi connectivity index (χ2n) is 4.15. The molecule has 0 fully saturated rings. The van der Waals surface area contributed by atoms with Crippen LogP contribution in [0.2, 0.25) is 0 Å². The lowest BCUT2D eigenvalue weighted by Gasteiger charge is -2.19. The minimum Gasteiger partial charge on any atom is -0.305 e. The van der Waals surface area contributed by atoms with Gasteiger partial charge in [-0.2, -0.15) is 0 Å². The third kappa shape index (κ3) is 1.82. The van der Waals surface area contributed by atoms with Crippen molar-refractivity contribution in [2.45, 2.75) is 0 Å². The van der Waals surface area contributed by atoms with E-state index in [4.69, 9.17) is 0 Å². The maximum absolute atomic E-state index is 11.6. The van der Waals surface area contributed by atoms with E-state index in [-0.39, 0.29) is 0 Å². The zero-order chi connectivity index (χ0) is 11.7. The summed E-state index contributed by atoms with van der Waals surface area (Å²) in [5, 5.41) is 0. The van der Waals surface area contributed by atoms with Crippen LogP contribution < -0.4 is 0 Å². The highest BCUT2D eigenvalue weighted by atomic mass is 16.2. The van der Waals surface area contributed by atoms with Crippen LogP contribution in [0.4, 0.5) is 0 Å². The Hall–Kier alpha value is -1.74. The van der Waals surface area contributed by atoms with Gasteiger partial charge in [0.1, 0.15) is 0 Å². The van der Waals surface area contributed by atoms with Crippen molar-refractivity contribution in [2.24, 2.45) is 0 Å². The first kappa shape index (κ1) is 10.8. The van der Waals surface area contributed by atoms with E-state index in [2.05, 4.69) is 0 Å². The van der Waals surface area contributed by atoms with E-state index in [0.29, 0.717) is 12.1 Å². The number of Topliss-reactive ketones (excluding diaryl/α,β-unsaturated/α-hetero) is 1. The maximum atomic E-state index is 11.6. The number of carbonyl (C=O) groups is 2. The molecule has 2 rings (SSSR count). The molecule has 0 aromatic heterocycles. The largest absolute Gasteiger partial charge is 0.305 e. The Bertz CT molecular complexity index is 486. The summed E-state index contributed by atoms with van der Waals surface area (Å²) in [6.45, 7) is 0.663. The van der Waals surface area contributed by atoms with Gasteiger partial charge >= 0.3 is 0 Å². The molecule has 0 aliphatic heterocycles. The van der Waals surface area contributed by atoms with Gasteiger partial charge < -0.3 is 4.90 Å². The van der Waals surface area contributed by atoms with Crippen molar-refractivity contribution in [3.63, 3.8) is 0 Å². The monoisotopic (exact) mass is 215 g/mol. The van der Waals surface area contributed by atoms with Crippen molar-refractivity contribution >= 4 is 17.1 Å². The molecule has 0 atom stereocenters. The molecule has 1 aliphatic carbocycles. The van der Waals surface area contributed by atoms with Crippen LogP contribution >= 0.6 is 0 Å². The van der Waals surface area contributed by atoms with E-state index in [1.54, 1.807) is 12.1 Å². The number of rotatable bonds is 2. The van der Waals surface area contributed by atoms with Crippen molar-refractivity contribution in [3.8, 4) is 0 Å². The van der Waals surface area contributed by atoms with Gasteiger partial charge in [-0.1, -0.05) is 24.3 Å². The fourth-order valence-electron chi connectivity index (χ4n) is 1.87. The second kappa shape index (κ2) is 4.02. The average molecular weight is 215 g/mol. The maximum Gasteiger partial charge on any atom is 0.233 e. The van der Waals surface area contributed by atoms with Crippen LogP contribution in [0.5, 0.6) is 0 Å². The molecule has 0 unspecified atom stereocenters. The van der Waals surface area contributed by atoms with E-state index >= 15 is 0 Å². The molecule has 0 bridgehead atoms. The van der Waals surface area contributed by atoms with Gasteiger partial charge in [0.15, 0.2) is 0 Å². The number of likely N-dealkylation sites (N-methyl/N-ethyl adjacent to an activating group) is 1. The SMILES string of the molecule is CN(C)CC1=CC(=O)C(=O)c2ccccc21. The molecule has 82 valence electrons. The number of allylic oxidation sites excluding steroid dienone is 1. The normalized spacial score (nSPS) is 15.1. The fraction of sp³-hybridized carbons (Fsp3) is 0.231. The van der Waals surface area contributed by atoms with Crippen molar-refractivity contribution in [1.29, 1.82) is 0 Å². The Morgan fingerprint density at radius 3 is 2.31 bits per heavy atom. The minimum atomic E-state index is -0.421. The third-order valence-corrected chi connectivity index (χ3v) is 2.53. The smallest absolute Gasteiger partial charge is 0.233 e. The molecule has 0 saturated carbocycles. The molecule has 0 saturated heterocycles. The van der Waals surface area contributed by atoms with E-state index < -0.39 is 11.6 Å². The first-order chi connectivity index (χ1) is 7.59. The van der Waals surface area contributed by atoms with Gasteiger partial charge in [-0.25, -0.2) is 0 Å². The van der Waals surface area contributed by atoms with Crippen molar-refractivity contribution in [1.82, 2.24) is 4.90 Å². The molecule has 16 heavy (non-hydrogen) atoms. The summed E-state index contributed by atoms with van der Waals surface area (Å²) in [6.07, 6.45) is 1.45. The summed E-state index contributed by atoms with van der Waals surface area (Å²) in [6, 6.07) is 7.25. The second-order valence-corrected chi connectivity index (χ2v) is 4.15. The highest BCUT2D eigenvalue weighted by molar-refractivity contribution is 6.50. The summed E-state index contributed by atoms with van der Waals surface area (Å²) in [7, 11) is 3.87. The Labute approximate surface area is 94.4 Å². The number of fused-ring (bicyclic) bond motifs is 1. The summed E-state index contributed by atoms with van der Waals surface area (Å²) in [5.74, 6) is -0.825. The van der Waals surface area contributed by atoms with Crippen LogP contribution in [0.1, 0.15) is 15.9 Å². The highest BCUT2D eigenvalue weighted by Gasteiger charge is 2.24. The molecule has 1 aliphatic rings. The number of ketones is 2. The molecule has 0 amide bonds. The number of benzene rings is 1. The van der Waals surface area contributed by atoms with Gasteiger partial charge in [0.25, 0.3) is 0 Å². The van der Waals surface area contributed by atoms with Gasteiger partial charge in [-0.3, -0.25) is 9.59 Å². The molecule has 0 spiro atoms. The summed E-state index contributed by atoms with van der Waals surface area (Å²) < 4.78 is 0. The lowest BCUT2D eigenvalue weighted by Crippen LogP contribution is -2.23. The number of hydrogen-bond donors (Lipinski definition) is 0. The lowest BCUT2D eigenvalue weighted by molar-refractivity contribution is -0.111. The Kier molecular flexibility index (Phi) is 2.71. The third-order valence-electron chi connectivity index (χ3n) is 2.53. The van der Waals surface area contributed by atoms with E-state index in [9.17, 15) is 9.59 Å². The number of nitrogens with zero attached hydrogens (tertiary/aromatic N) is 1. The molecular formula is C13H13NO2. The van der Waals surface area contributed by atoms with Gasteiger partial charge in [-0.15, -0.1) is 0 Å². The predicted molar refractivity (Wildman–Crippen MR) is 62.3 cm³/mol. The van der Waals surface area contributed by atoms with Gasteiger partial charge in [-0.05, 0) is 31.3 Å². The topological polar surface area (TPSA) is 37.4 Å². The standard InChI is InChI=1S/C13H13NO2/c1-14(2)8-9-7-12(15)13(16)11-6-4-3-5-10(9)11/h3-7H,8H2,1-2H3. The zero-order valence-corrected chi connectivity index (χ0v) is 9.36. The van der Waals surface area contributed by atoms with Crippen molar-refractivity contribution < 1.29 is 9.59 Å². The summed E-state index contributed by atoms with van der Waals surface area (Å²) in [5.41, 5.74) is 2.30. The summed E-state index contributed by atoms with van der Waals surface area (Å²) >= 11 is 0. The van der Waals surface area contributed by atoms with E-state index in [1.165, 1.54) is 6.08 Å². The lowest BCUT2D eigenvalue weighted by atomic mass is 9.89. The van der Waals surface area contributed by atoms with Crippen LogP contribution in [0.3, 0.4) is 0 Å². The quantitative estimate of drug-likeness (QED) is 0.700. The fourth-order valence-corrected chi connectivity index (χ4v) is 1.87. The highest BCUT2D eigenvalue weighted by Crippen LogP contribution is 2.24. The van der Waals surface area contributed by atoms with Crippen LogP contribution in [0.15, 0.2) is 30.3 Å². The summed E-state index contributed by atoms with van der Waals surface area (Å²) in [4.78, 5) is 25.1. The van der Waals surface area contributed by atoms with Crippen LogP contribution in [0, 0.1) is 0 Å². The predicted octanol–water partition coefficient (Wildman–Crippen LogP) is 1.40. The molecule has 3 heteroatoms. The Morgan fingerprint density at radius 1 is 1.06 bits per heavy atom. The van der Waals surface area contributed by atoms with Gasteiger partial charge in [0.2, 0.25) is 11.6 Å². The van der Waals surface area contributed by atoms with E-state index in [1.807, 2.05) is 31.1 Å². The molecule has 0 N–H and O–H groups in total. The molecule has 0 radical (unpaired) electrons. The van der Waals surface area contributed by atoms with Crippen molar-refractivity contribution in [2.75, 3.05) is 20.6 Å². The van der Waals surface area contributed by atoms with Gasteiger partial charge in [0, 0.05) is 12.1 Å². The van der Waals surface area contributed by atoms with Gasteiger partial charge in [0.05, 0.1) is 0 Å². The Balaban J connectivity index is 2.51. The minimum absolute atomic E-state index is 0.405. The first-order valence-electron chi connectivity index (χ1n) is 5.13. The molecular weight excluding hydrogens is 202 g/mol. The molecule has 3 nitrogen and oxygen atoms in total. The molecule has 1 aromatic carbocycles. The first-order valence-corrected chi connectivity index (χ1v) is 5.13. The van der Waals surface area contributed by atoms with Crippen molar-refractivity contribution in [3.05, 3.63) is 41.5 Å². The molecule has 1 aromatic rings. The van der Waals surface area contributed by atoms with E-state index in [0.717, 1.165) is 11.1 Å². The Morgan fingerprint density at radius 2 is 1.69 bits per heavy atom. The van der Waals surface area contributed by atoms with Crippen LogP contribution in [0.25, 0.3) is 5.57 Å².